The van der Waals surface area contributed by atoms with Crippen molar-refractivity contribution in [2.45, 2.75) is 38.8 Å². The van der Waals surface area contributed by atoms with Gasteiger partial charge in [0, 0.05) is 0 Å². The number of para-hydroxylation sites is 1. The summed E-state index contributed by atoms with van der Waals surface area (Å²) in [5.41, 5.74) is 0.941. The van der Waals surface area contributed by atoms with Crippen molar-refractivity contribution in [2.75, 3.05) is 14.2 Å². The third-order valence-electron chi connectivity index (χ3n) is 4.30. The molecule has 0 unspecified atom stereocenters. The molecule has 27 heavy (non-hydrogen) atoms. The van der Waals surface area contributed by atoms with Crippen molar-refractivity contribution in [3.05, 3.63) is 53.1 Å². The molecular formula is C21H26ClNO4. The van der Waals surface area contributed by atoms with Crippen molar-refractivity contribution in [2.24, 2.45) is 0 Å². The number of amides is 1. The fourth-order valence-electron chi connectivity index (χ4n) is 2.77. The van der Waals surface area contributed by atoms with Gasteiger partial charge in [-0.25, -0.2) is 0 Å². The monoisotopic (exact) mass is 391 g/mol. The summed E-state index contributed by atoms with van der Waals surface area (Å²) in [5, 5.41) is 3.54. The topological polar surface area (TPSA) is 56.8 Å². The molecule has 0 heterocycles. The molecule has 0 aliphatic rings. The van der Waals surface area contributed by atoms with E-state index in [2.05, 4.69) is 5.32 Å². The maximum atomic E-state index is 12.8. The lowest BCUT2D eigenvalue weighted by Crippen LogP contribution is -2.40. The lowest BCUT2D eigenvalue weighted by Gasteiger charge is -2.23. The number of rotatable bonds is 9. The summed E-state index contributed by atoms with van der Waals surface area (Å²) >= 11 is 6.14. The van der Waals surface area contributed by atoms with Crippen molar-refractivity contribution in [3.8, 4) is 17.2 Å². The summed E-state index contributed by atoms with van der Waals surface area (Å²) in [4.78, 5) is 12.8. The molecule has 2 rings (SSSR count). The van der Waals surface area contributed by atoms with Crippen LogP contribution >= 0.6 is 11.6 Å². The van der Waals surface area contributed by atoms with Crippen LogP contribution in [-0.4, -0.2) is 26.2 Å². The minimum Gasteiger partial charge on any atom is -0.493 e. The average molecular weight is 392 g/mol. The molecule has 2 aromatic rings. The number of halogens is 1. The first-order valence-electron chi connectivity index (χ1n) is 8.97. The Bertz CT molecular complexity index is 766. The van der Waals surface area contributed by atoms with Crippen LogP contribution in [0.1, 0.15) is 38.3 Å². The van der Waals surface area contributed by atoms with Gasteiger partial charge in [-0.2, -0.15) is 0 Å². The summed E-state index contributed by atoms with van der Waals surface area (Å²) < 4.78 is 16.5. The molecule has 0 spiro atoms. The number of carbonyl (C=O) groups excluding carboxylic acids is 1. The highest BCUT2D eigenvalue weighted by Gasteiger charge is 2.23. The van der Waals surface area contributed by atoms with E-state index in [4.69, 9.17) is 25.8 Å². The van der Waals surface area contributed by atoms with Gasteiger partial charge in [0.1, 0.15) is 5.75 Å². The lowest BCUT2D eigenvalue weighted by molar-refractivity contribution is -0.128. The fraction of sp³-hybridized carbons (Fsp3) is 0.381. The highest BCUT2D eigenvalue weighted by Crippen LogP contribution is 2.31. The first-order chi connectivity index (χ1) is 13.0. The van der Waals surface area contributed by atoms with Gasteiger partial charge in [-0.3, -0.25) is 4.79 Å². The van der Waals surface area contributed by atoms with Crippen molar-refractivity contribution in [1.82, 2.24) is 5.32 Å². The Kier molecular flexibility index (Phi) is 7.80. The van der Waals surface area contributed by atoms with Crippen molar-refractivity contribution >= 4 is 17.5 Å². The van der Waals surface area contributed by atoms with Gasteiger partial charge in [0.2, 0.25) is 0 Å². The minimum atomic E-state index is -0.626. The predicted octanol–water partition coefficient (Wildman–Crippen LogP) is 4.78. The normalized spacial score (nSPS) is 12.8. The molecule has 6 heteroatoms. The number of carbonyl (C=O) groups is 1. The first-order valence-corrected chi connectivity index (χ1v) is 9.35. The highest BCUT2D eigenvalue weighted by molar-refractivity contribution is 6.32. The summed E-state index contributed by atoms with van der Waals surface area (Å²) in [7, 11) is 3.18. The molecule has 1 amide bonds. The lowest BCUT2D eigenvalue weighted by atomic mass is 10.0. The van der Waals surface area contributed by atoms with E-state index < -0.39 is 6.10 Å². The van der Waals surface area contributed by atoms with Gasteiger partial charge in [-0.05, 0) is 42.7 Å². The molecule has 0 bridgehead atoms. The molecular weight excluding hydrogens is 366 g/mol. The highest BCUT2D eigenvalue weighted by atomic mass is 35.5. The van der Waals surface area contributed by atoms with Crippen LogP contribution < -0.4 is 19.5 Å². The smallest absolute Gasteiger partial charge is 0.261 e. The molecule has 0 saturated carbocycles. The molecule has 0 aliphatic heterocycles. The number of benzene rings is 2. The van der Waals surface area contributed by atoms with Crippen molar-refractivity contribution in [1.29, 1.82) is 0 Å². The molecule has 2 aromatic carbocycles. The molecule has 1 N–H and O–H groups in total. The molecule has 2 atom stereocenters. The fourth-order valence-corrected chi connectivity index (χ4v) is 2.95. The van der Waals surface area contributed by atoms with Crippen LogP contribution in [0.5, 0.6) is 17.2 Å². The molecule has 0 saturated heterocycles. The van der Waals surface area contributed by atoms with Gasteiger partial charge in [-0.1, -0.05) is 43.6 Å². The second kappa shape index (κ2) is 10.1. The summed E-state index contributed by atoms with van der Waals surface area (Å²) in [5.74, 6) is 1.59. The van der Waals surface area contributed by atoms with E-state index in [9.17, 15) is 4.79 Å². The van der Waals surface area contributed by atoms with E-state index in [0.29, 0.717) is 28.7 Å². The zero-order valence-electron chi connectivity index (χ0n) is 16.1. The molecule has 0 radical (unpaired) electrons. The standard InChI is InChI=1S/C21H26ClNO4/c1-5-16(14-11-12-19(25-3)20(13-14)26-4)23-21(24)17(6-2)27-18-10-8-7-9-15(18)22/h7-13,16-17H,5-6H2,1-4H3,(H,23,24)/t16-,17-/m1/s1. The maximum Gasteiger partial charge on any atom is 0.261 e. The van der Waals surface area contributed by atoms with Crippen LogP contribution in [-0.2, 0) is 4.79 Å². The van der Waals surface area contributed by atoms with E-state index in [1.54, 1.807) is 26.4 Å². The first kappa shape index (κ1) is 20.9. The van der Waals surface area contributed by atoms with E-state index >= 15 is 0 Å². The Balaban J connectivity index is 2.14. The maximum absolute atomic E-state index is 12.8. The zero-order chi connectivity index (χ0) is 19.8. The van der Waals surface area contributed by atoms with Crippen LogP contribution in [0.25, 0.3) is 0 Å². The van der Waals surface area contributed by atoms with Crippen LogP contribution in [0.3, 0.4) is 0 Å². The van der Waals surface area contributed by atoms with Gasteiger partial charge < -0.3 is 19.5 Å². The van der Waals surface area contributed by atoms with Crippen LogP contribution in [0, 0.1) is 0 Å². The molecule has 0 aromatic heterocycles. The van der Waals surface area contributed by atoms with Gasteiger partial charge in [0.05, 0.1) is 25.3 Å². The van der Waals surface area contributed by atoms with Gasteiger partial charge in [-0.15, -0.1) is 0 Å². The van der Waals surface area contributed by atoms with Crippen molar-refractivity contribution in [3.63, 3.8) is 0 Å². The number of hydrogen-bond acceptors (Lipinski definition) is 4. The van der Waals surface area contributed by atoms with Crippen molar-refractivity contribution < 1.29 is 19.0 Å². The van der Waals surface area contributed by atoms with Crippen LogP contribution in [0.4, 0.5) is 0 Å². The largest absolute Gasteiger partial charge is 0.493 e. The quantitative estimate of drug-likeness (QED) is 0.668. The Hall–Kier alpha value is -2.40. The van der Waals surface area contributed by atoms with E-state index in [1.165, 1.54) is 0 Å². The Labute approximate surface area is 165 Å². The van der Waals surface area contributed by atoms with Crippen LogP contribution in [0.2, 0.25) is 5.02 Å². The van der Waals surface area contributed by atoms with E-state index in [1.807, 2.05) is 44.2 Å². The second-order valence-electron chi connectivity index (χ2n) is 6.03. The molecule has 0 fully saturated rings. The van der Waals surface area contributed by atoms with Gasteiger partial charge in [0.25, 0.3) is 5.91 Å². The Morgan fingerprint density at radius 2 is 1.70 bits per heavy atom. The molecule has 146 valence electrons. The van der Waals surface area contributed by atoms with Gasteiger partial charge >= 0.3 is 0 Å². The summed E-state index contributed by atoms with van der Waals surface area (Å²) in [6.45, 7) is 3.91. The number of ether oxygens (including phenoxy) is 3. The summed E-state index contributed by atoms with van der Waals surface area (Å²) in [6, 6.07) is 12.6. The number of methoxy groups -OCH3 is 2. The van der Waals surface area contributed by atoms with E-state index in [-0.39, 0.29) is 11.9 Å². The van der Waals surface area contributed by atoms with E-state index in [0.717, 1.165) is 12.0 Å². The molecule has 5 nitrogen and oxygen atoms in total. The summed E-state index contributed by atoms with van der Waals surface area (Å²) in [6.07, 6.45) is 0.627. The number of hydrogen-bond donors (Lipinski definition) is 1. The SMILES string of the molecule is CC[C@@H](Oc1ccccc1Cl)C(=O)N[C@H](CC)c1ccc(OC)c(OC)c1. The third-order valence-corrected chi connectivity index (χ3v) is 4.62. The Morgan fingerprint density at radius 3 is 2.30 bits per heavy atom. The van der Waals surface area contributed by atoms with Gasteiger partial charge in [0.15, 0.2) is 17.6 Å². The minimum absolute atomic E-state index is 0.166. The van der Waals surface area contributed by atoms with Crippen LogP contribution in [0.15, 0.2) is 42.5 Å². The molecule has 0 aliphatic carbocycles. The number of nitrogens with one attached hydrogen (secondary N) is 1. The third kappa shape index (κ3) is 5.30. The average Bonchev–Trinajstić information content (AvgIpc) is 2.70. The second-order valence-corrected chi connectivity index (χ2v) is 6.44. The Morgan fingerprint density at radius 1 is 1.00 bits per heavy atom. The zero-order valence-corrected chi connectivity index (χ0v) is 16.9. The predicted molar refractivity (Wildman–Crippen MR) is 107 cm³/mol.